The number of aromatic nitrogens is 3. The molecule has 526 valence electrons. The fourth-order valence-electron chi connectivity index (χ4n) is 12.8. The number of methoxy groups -OCH3 is 2. The SMILES string of the molecule is [C-]#[N+]/C(c1nc2cc(OC)ccc2s1)=c1\c2c(c(-c3ccc(OCCCCC(=O)NS(=O)(=O)C(F)(F)F)cc3)n1B(c1ccccc1)c1ccccc1)/C(=C(\C#N)c1nc3cc(OC)ccc3s1)C(B(c1ccccc1)c1ccccc1)C=2c1ccc(OCCCCC(=O)NS(=O)(=O)C(F)(F)F)cc1. The number of nitriles is 1. The summed E-state index contributed by atoms with van der Waals surface area (Å²) in [4.78, 5) is 39.9. The van der Waals surface area contributed by atoms with Crippen molar-refractivity contribution in [2.45, 2.75) is 55.4 Å². The van der Waals surface area contributed by atoms with Crippen LogP contribution in [0.25, 0.3) is 59.0 Å². The number of hydrogen-bond acceptors (Lipinski definition) is 15. The topological polar surface area (TPSA) is 222 Å². The maximum atomic E-state index is 13.1. The highest BCUT2D eigenvalue weighted by Gasteiger charge is 2.49. The number of hydrogen-bond donors (Lipinski definition) is 2. The van der Waals surface area contributed by atoms with E-state index in [4.69, 9.17) is 28.9 Å². The van der Waals surface area contributed by atoms with Gasteiger partial charge in [-0.1, -0.05) is 155 Å². The van der Waals surface area contributed by atoms with Crippen molar-refractivity contribution in [1.29, 1.82) is 5.26 Å². The first-order valence-electron chi connectivity index (χ1n) is 32.4. The number of unbranched alkanes of at least 4 members (excludes halogenated alkanes) is 2. The number of nitrogens with zero attached hydrogens (tertiary/aromatic N) is 5. The highest BCUT2D eigenvalue weighted by molar-refractivity contribution is 7.91. The lowest BCUT2D eigenvalue weighted by molar-refractivity contribution is -0.120. The van der Waals surface area contributed by atoms with Crippen LogP contribution in [-0.4, -0.2) is 95.1 Å². The number of amides is 2. The Morgan fingerprint density at radius 2 is 0.990 bits per heavy atom. The minimum absolute atomic E-state index is 0.0245. The molecule has 17 nitrogen and oxygen atoms in total. The molecule has 1 aliphatic rings. The van der Waals surface area contributed by atoms with E-state index in [1.165, 1.54) is 22.7 Å². The largest absolute Gasteiger partial charge is 0.516 e. The van der Waals surface area contributed by atoms with E-state index in [0.717, 1.165) is 40.7 Å². The molecule has 1 unspecified atom stereocenters. The van der Waals surface area contributed by atoms with Gasteiger partial charge in [-0.05, 0) is 114 Å². The van der Waals surface area contributed by atoms with E-state index in [-0.39, 0.29) is 50.2 Å². The average Bonchev–Trinajstić information content (AvgIpc) is 1.52. The Balaban J connectivity index is 1.17. The molecule has 0 saturated carbocycles. The Kier molecular flexibility index (Phi) is 21.7. The maximum Gasteiger partial charge on any atom is 0.516 e. The highest BCUT2D eigenvalue weighted by atomic mass is 32.2. The average molecular weight is 1480 g/mol. The molecule has 0 saturated heterocycles. The highest BCUT2D eigenvalue weighted by Crippen LogP contribution is 2.51. The Morgan fingerprint density at radius 1 is 0.577 bits per heavy atom. The van der Waals surface area contributed by atoms with E-state index in [2.05, 4.69) is 15.4 Å². The number of nitrogens with one attached hydrogen (secondary N) is 2. The van der Waals surface area contributed by atoms with Gasteiger partial charge in [0.25, 0.3) is 0 Å². The summed E-state index contributed by atoms with van der Waals surface area (Å²) in [7, 11) is -8.71. The molecule has 2 N–H and O–H groups in total. The van der Waals surface area contributed by atoms with Gasteiger partial charge in [0.2, 0.25) is 24.2 Å². The fourth-order valence-corrected chi connectivity index (χ4v) is 15.7. The first-order valence-corrected chi connectivity index (χ1v) is 37.0. The number of fused-ring (bicyclic) bond motifs is 3. The molecule has 8 aromatic carbocycles. The summed E-state index contributed by atoms with van der Waals surface area (Å²) in [6.07, 6.45) is -0.851. The second kappa shape index (κ2) is 30.9. The van der Waals surface area contributed by atoms with E-state index >= 15 is 0 Å². The van der Waals surface area contributed by atoms with Crippen molar-refractivity contribution < 1.29 is 71.7 Å². The molecule has 1 aliphatic carbocycles. The number of halogens is 6. The predicted molar refractivity (Wildman–Crippen MR) is 392 cm³/mol. The first-order chi connectivity index (χ1) is 50.0. The molecule has 11 aromatic rings. The van der Waals surface area contributed by atoms with Crippen LogP contribution in [0.5, 0.6) is 23.0 Å². The van der Waals surface area contributed by atoms with Crippen LogP contribution in [0.1, 0.15) is 59.7 Å². The summed E-state index contributed by atoms with van der Waals surface area (Å²) in [5.74, 6) is -1.75. The zero-order valence-corrected chi connectivity index (χ0v) is 58.5. The Bertz CT molecular complexity index is 5450. The van der Waals surface area contributed by atoms with E-state index in [9.17, 15) is 64.6 Å². The van der Waals surface area contributed by atoms with Gasteiger partial charge in [0, 0.05) is 47.4 Å². The molecular formula is C75H59B2F6N7O10S4. The summed E-state index contributed by atoms with van der Waals surface area (Å²) in [6.45, 7) is 8.22. The minimum atomic E-state index is -5.91. The van der Waals surface area contributed by atoms with Gasteiger partial charge in [-0.25, -0.2) is 24.3 Å². The van der Waals surface area contributed by atoms with Gasteiger partial charge < -0.3 is 23.4 Å². The van der Waals surface area contributed by atoms with Gasteiger partial charge in [0.05, 0.1) is 60.0 Å². The van der Waals surface area contributed by atoms with Crippen molar-refractivity contribution in [3.05, 3.63) is 249 Å². The number of thiazole rings is 2. The normalized spacial score (nSPS) is 13.9. The lowest BCUT2D eigenvalue weighted by atomic mass is 9.31. The second-order valence-corrected chi connectivity index (χ2v) is 29.3. The quantitative estimate of drug-likeness (QED) is 0.0169. The van der Waals surface area contributed by atoms with E-state index in [1.807, 2.05) is 170 Å². The van der Waals surface area contributed by atoms with Crippen LogP contribution in [0.15, 0.2) is 206 Å². The molecule has 2 amide bonds. The lowest BCUT2D eigenvalue weighted by Crippen LogP contribution is -2.55. The van der Waals surface area contributed by atoms with Gasteiger partial charge in [0.1, 0.15) is 39.1 Å². The van der Waals surface area contributed by atoms with Crippen molar-refractivity contribution in [3.63, 3.8) is 0 Å². The van der Waals surface area contributed by atoms with Crippen LogP contribution in [0.2, 0.25) is 5.82 Å². The van der Waals surface area contributed by atoms with Gasteiger partial charge in [-0.3, -0.25) is 9.59 Å². The molecule has 29 heteroatoms. The Labute approximate surface area is 602 Å². The third-order valence-corrected chi connectivity index (χ3v) is 21.7. The van der Waals surface area contributed by atoms with Crippen molar-refractivity contribution in [2.75, 3.05) is 27.4 Å². The van der Waals surface area contributed by atoms with E-state index in [0.29, 0.717) is 88.1 Å². The molecule has 0 radical (unpaired) electrons. The van der Waals surface area contributed by atoms with Gasteiger partial charge in [0.15, 0.2) is 0 Å². The van der Waals surface area contributed by atoms with Crippen molar-refractivity contribution in [2.24, 2.45) is 0 Å². The van der Waals surface area contributed by atoms with Crippen LogP contribution >= 0.6 is 22.7 Å². The summed E-state index contributed by atoms with van der Waals surface area (Å²) >= 11 is 2.63. The zero-order valence-electron chi connectivity index (χ0n) is 55.2. The second-order valence-electron chi connectivity index (χ2n) is 23.9. The number of allylic oxidation sites excluding steroid dienone is 2. The molecule has 0 fully saturated rings. The lowest BCUT2D eigenvalue weighted by Gasteiger charge is -2.29. The zero-order chi connectivity index (χ0) is 73.5. The monoisotopic (exact) mass is 1480 g/mol. The number of ether oxygens (including phenoxy) is 4. The summed E-state index contributed by atoms with van der Waals surface area (Å²) < 4.78 is 155. The number of alkyl halides is 6. The van der Waals surface area contributed by atoms with E-state index in [1.54, 1.807) is 50.6 Å². The molecule has 3 heterocycles. The Hall–Kier alpha value is -11.0. The molecule has 1 atom stereocenters. The number of rotatable bonds is 26. The van der Waals surface area contributed by atoms with Gasteiger partial charge in [-0.15, -0.1) is 22.7 Å². The van der Waals surface area contributed by atoms with Crippen LogP contribution < -0.4 is 60.8 Å². The van der Waals surface area contributed by atoms with Crippen LogP contribution in [-0.2, 0) is 29.6 Å². The number of sulfonamides is 2. The number of carbonyl (C=O) groups is 2. The molecule has 12 rings (SSSR count). The summed E-state index contributed by atoms with van der Waals surface area (Å²) in [6, 6.07) is 67.4. The molecule has 104 heavy (non-hydrogen) atoms. The van der Waals surface area contributed by atoms with Crippen LogP contribution in [0.4, 0.5) is 26.3 Å². The third kappa shape index (κ3) is 15.4. The smallest absolute Gasteiger partial charge is 0.497 e. The number of benzene rings is 8. The standard InChI is InChI=1S/C75H59B2F6N7O10S4/c1-85-69(73-87-59-45-56(98-3)39-41-61(59)102-73)71-66-64(47-30-34-53(35-31-47)99-42-18-16-28-62(91)88-103(93,94)74(78,79)80)68(76(49-20-8-4-9-21-49)50-22-10-5-11-23-50)65(57(46-84)72-86-58-44-55(97-2)38-40-60(58)101-72)67(66)70(90(71)77(51-24-12-6-13-25-51)52-26-14-7-15-27-52)48-32-36-54(37-33-48)100-43-19-17-29-63(92)89-104(95,96)75(81,82)83/h4-15,20-27,30-41,44-45,68H,16-19,28-29,42-43H2,2-3H3,(H,88,91)(H,89,92)/b65-57-,71-69+. The van der Waals surface area contributed by atoms with Gasteiger partial charge in [-0.2, -0.15) is 48.4 Å². The van der Waals surface area contributed by atoms with Crippen molar-refractivity contribution >= 4 is 133 Å². The molecule has 0 spiro atoms. The minimum Gasteiger partial charge on any atom is -0.497 e. The van der Waals surface area contributed by atoms with Crippen LogP contribution in [0.3, 0.4) is 0 Å². The van der Waals surface area contributed by atoms with Gasteiger partial charge >= 0.3 is 37.9 Å². The summed E-state index contributed by atoms with van der Waals surface area (Å²) in [5, 5.41) is 14.2. The fraction of sp³-hybridized carbons (Fsp3) is 0.173. The van der Waals surface area contributed by atoms with Crippen molar-refractivity contribution in [3.8, 4) is 40.3 Å². The first kappa shape index (κ1) is 72.8. The molecule has 3 aromatic heterocycles. The molecular weight excluding hydrogens is 1420 g/mol. The maximum absolute atomic E-state index is 13.1. The Morgan fingerprint density at radius 3 is 1.41 bits per heavy atom. The van der Waals surface area contributed by atoms with Crippen molar-refractivity contribution in [1.82, 2.24) is 23.9 Å². The predicted octanol–water partition coefficient (Wildman–Crippen LogP) is 11.5. The van der Waals surface area contributed by atoms with E-state index < -0.39 is 75.1 Å². The molecule has 0 aliphatic heterocycles. The number of carbonyl (C=O) groups excluding carboxylic acids is 2. The molecule has 0 bridgehead atoms. The summed E-state index contributed by atoms with van der Waals surface area (Å²) in [5.41, 5.74) is -3.13. The third-order valence-electron chi connectivity index (χ3n) is 17.4. The van der Waals surface area contributed by atoms with Crippen LogP contribution in [0, 0.1) is 17.9 Å².